The van der Waals surface area contributed by atoms with Gasteiger partial charge in [-0.1, -0.05) is 39.0 Å². The molecule has 0 bridgehead atoms. The SMILES string of the molecule is CCCCCCCC(NC)C1CCOC1C. The Morgan fingerprint density at radius 3 is 2.56 bits per heavy atom. The fourth-order valence-electron chi connectivity index (χ4n) is 2.82. The third kappa shape index (κ3) is 4.42. The first-order valence-corrected chi connectivity index (χ1v) is 7.08. The summed E-state index contributed by atoms with van der Waals surface area (Å²) in [7, 11) is 2.10. The molecule has 0 radical (unpaired) electrons. The number of ether oxygens (including phenoxy) is 1. The second-order valence-electron chi connectivity index (χ2n) is 5.13. The van der Waals surface area contributed by atoms with E-state index in [1.54, 1.807) is 0 Å². The Hall–Kier alpha value is -0.0800. The fraction of sp³-hybridized carbons (Fsp3) is 1.00. The first kappa shape index (κ1) is 14.0. The predicted octanol–water partition coefficient (Wildman–Crippen LogP) is 3.36. The van der Waals surface area contributed by atoms with E-state index in [1.165, 1.54) is 44.9 Å². The zero-order valence-corrected chi connectivity index (χ0v) is 11.3. The van der Waals surface area contributed by atoms with Crippen molar-refractivity contribution in [3.63, 3.8) is 0 Å². The summed E-state index contributed by atoms with van der Waals surface area (Å²) < 4.78 is 5.65. The summed E-state index contributed by atoms with van der Waals surface area (Å²) in [6, 6.07) is 0.666. The van der Waals surface area contributed by atoms with Crippen LogP contribution in [0.4, 0.5) is 0 Å². The van der Waals surface area contributed by atoms with E-state index in [1.807, 2.05) is 0 Å². The van der Waals surface area contributed by atoms with Gasteiger partial charge in [0.15, 0.2) is 0 Å². The van der Waals surface area contributed by atoms with Gasteiger partial charge in [0.2, 0.25) is 0 Å². The standard InChI is InChI=1S/C14H29NO/c1-4-5-6-7-8-9-14(15-3)13-10-11-16-12(13)2/h12-15H,4-11H2,1-3H3. The minimum atomic E-state index is 0.452. The van der Waals surface area contributed by atoms with E-state index in [9.17, 15) is 0 Å². The van der Waals surface area contributed by atoms with Gasteiger partial charge >= 0.3 is 0 Å². The van der Waals surface area contributed by atoms with Crippen LogP contribution < -0.4 is 5.32 Å². The fourth-order valence-corrected chi connectivity index (χ4v) is 2.82. The summed E-state index contributed by atoms with van der Waals surface area (Å²) >= 11 is 0. The minimum absolute atomic E-state index is 0.452. The lowest BCUT2D eigenvalue weighted by Crippen LogP contribution is -2.36. The quantitative estimate of drug-likeness (QED) is 0.642. The van der Waals surface area contributed by atoms with E-state index in [0.29, 0.717) is 12.1 Å². The molecule has 0 aromatic carbocycles. The topological polar surface area (TPSA) is 21.3 Å². The lowest BCUT2D eigenvalue weighted by atomic mass is 9.89. The van der Waals surface area contributed by atoms with Crippen LogP contribution in [0.25, 0.3) is 0 Å². The van der Waals surface area contributed by atoms with Crippen molar-refractivity contribution in [2.45, 2.75) is 70.9 Å². The van der Waals surface area contributed by atoms with Gasteiger partial charge in [0.25, 0.3) is 0 Å². The van der Waals surface area contributed by atoms with Crippen LogP contribution in [-0.2, 0) is 4.74 Å². The highest BCUT2D eigenvalue weighted by Crippen LogP contribution is 2.26. The molecule has 0 saturated carbocycles. The normalized spacial score (nSPS) is 27.2. The summed E-state index contributed by atoms with van der Waals surface area (Å²) in [4.78, 5) is 0. The molecule has 1 aliphatic rings. The highest BCUT2D eigenvalue weighted by atomic mass is 16.5. The molecule has 96 valence electrons. The van der Waals surface area contributed by atoms with Crippen molar-refractivity contribution in [3.05, 3.63) is 0 Å². The number of hydrogen-bond acceptors (Lipinski definition) is 2. The van der Waals surface area contributed by atoms with Crippen molar-refractivity contribution in [1.82, 2.24) is 5.32 Å². The third-order valence-corrected chi connectivity index (χ3v) is 3.94. The molecule has 16 heavy (non-hydrogen) atoms. The Balaban J connectivity index is 2.16. The Morgan fingerprint density at radius 1 is 1.25 bits per heavy atom. The first-order chi connectivity index (χ1) is 7.79. The van der Waals surface area contributed by atoms with Crippen LogP contribution in [0.3, 0.4) is 0 Å². The second kappa shape index (κ2) is 8.08. The largest absolute Gasteiger partial charge is 0.378 e. The highest BCUT2D eigenvalue weighted by Gasteiger charge is 2.30. The molecule has 2 heteroatoms. The summed E-state index contributed by atoms with van der Waals surface area (Å²) in [6.45, 7) is 5.45. The highest BCUT2D eigenvalue weighted by molar-refractivity contribution is 4.83. The van der Waals surface area contributed by atoms with Gasteiger partial charge in [0.05, 0.1) is 6.10 Å². The van der Waals surface area contributed by atoms with Gasteiger partial charge in [0.1, 0.15) is 0 Å². The average molecular weight is 227 g/mol. The van der Waals surface area contributed by atoms with Crippen LogP contribution in [0.5, 0.6) is 0 Å². The Kier molecular flexibility index (Phi) is 7.06. The van der Waals surface area contributed by atoms with E-state index in [2.05, 4.69) is 26.2 Å². The zero-order valence-electron chi connectivity index (χ0n) is 11.3. The summed E-state index contributed by atoms with van der Waals surface area (Å²) in [5, 5.41) is 3.49. The molecule has 0 aromatic heterocycles. The van der Waals surface area contributed by atoms with E-state index < -0.39 is 0 Å². The molecule has 0 amide bonds. The predicted molar refractivity (Wildman–Crippen MR) is 69.7 cm³/mol. The van der Waals surface area contributed by atoms with E-state index in [-0.39, 0.29) is 0 Å². The molecule has 2 nitrogen and oxygen atoms in total. The van der Waals surface area contributed by atoms with Gasteiger partial charge in [-0.05, 0) is 26.8 Å². The van der Waals surface area contributed by atoms with Gasteiger partial charge in [0, 0.05) is 18.6 Å². The monoisotopic (exact) mass is 227 g/mol. The number of hydrogen-bond donors (Lipinski definition) is 1. The van der Waals surface area contributed by atoms with Crippen LogP contribution in [0.1, 0.15) is 58.8 Å². The van der Waals surface area contributed by atoms with Gasteiger partial charge in [-0.3, -0.25) is 0 Å². The molecule has 1 aliphatic heterocycles. The molecular weight excluding hydrogens is 198 g/mol. The molecule has 1 fully saturated rings. The van der Waals surface area contributed by atoms with Gasteiger partial charge in [-0.2, -0.15) is 0 Å². The van der Waals surface area contributed by atoms with Crippen molar-refractivity contribution in [1.29, 1.82) is 0 Å². The molecule has 3 atom stereocenters. The lowest BCUT2D eigenvalue weighted by Gasteiger charge is -2.25. The van der Waals surface area contributed by atoms with Gasteiger partial charge in [-0.25, -0.2) is 0 Å². The van der Waals surface area contributed by atoms with Gasteiger partial charge in [-0.15, -0.1) is 0 Å². The van der Waals surface area contributed by atoms with E-state index in [4.69, 9.17) is 4.74 Å². The van der Waals surface area contributed by atoms with Crippen LogP contribution in [0.2, 0.25) is 0 Å². The van der Waals surface area contributed by atoms with E-state index >= 15 is 0 Å². The van der Waals surface area contributed by atoms with Crippen molar-refractivity contribution >= 4 is 0 Å². The molecule has 1 saturated heterocycles. The minimum Gasteiger partial charge on any atom is -0.378 e. The molecular formula is C14H29NO. The molecule has 3 unspecified atom stereocenters. The Labute approximate surface area is 101 Å². The molecule has 1 rings (SSSR count). The lowest BCUT2D eigenvalue weighted by molar-refractivity contribution is 0.0949. The molecule has 1 heterocycles. The zero-order chi connectivity index (χ0) is 11.8. The number of rotatable bonds is 8. The van der Waals surface area contributed by atoms with E-state index in [0.717, 1.165) is 12.5 Å². The molecule has 0 aromatic rings. The molecule has 0 spiro atoms. The van der Waals surface area contributed by atoms with Crippen molar-refractivity contribution in [3.8, 4) is 0 Å². The van der Waals surface area contributed by atoms with Crippen LogP contribution in [-0.4, -0.2) is 25.8 Å². The van der Waals surface area contributed by atoms with Crippen molar-refractivity contribution < 1.29 is 4.74 Å². The van der Waals surface area contributed by atoms with Crippen LogP contribution >= 0.6 is 0 Å². The maximum atomic E-state index is 5.65. The second-order valence-corrected chi connectivity index (χ2v) is 5.13. The summed E-state index contributed by atoms with van der Waals surface area (Å²) in [5.74, 6) is 0.733. The third-order valence-electron chi connectivity index (χ3n) is 3.94. The maximum absolute atomic E-state index is 5.65. The van der Waals surface area contributed by atoms with Gasteiger partial charge < -0.3 is 10.1 Å². The first-order valence-electron chi connectivity index (χ1n) is 7.08. The summed E-state index contributed by atoms with van der Waals surface area (Å²) in [6.07, 6.45) is 9.91. The molecule has 1 N–H and O–H groups in total. The Morgan fingerprint density at radius 2 is 2.00 bits per heavy atom. The summed E-state index contributed by atoms with van der Waals surface area (Å²) in [5.41, 5.74) is 0. The average Bonchev–Trinajstić information content (AvgIpc) is 2.70. The van der Waals surface area contributed by atoms with Crippen molar-refractivity contribution in [2.24, 2.45) is 5.92 Å². The molecule has 0 aliphatic carbocycles. The Bertz CT molecular complexity index is 172. The van der Waals surface area contributed by atoms with Crippen LogP contribution in [0.15, 0.2) is 0 Å². The maximum Gasteiger partial charge on any atom is 0.0590 e. The number of nitrogens with one attached hydrogen (secondary N) is 1. The van der Waals surface area contributed by atoms with Crippen molar-refractivity contribution in [2.75, 3.05) is 13.7 Å². The number of unbranched alkanes of at least 4 members (excludes halogenated alkanes) is 4. The smallest absolute Gasteiger partial charge is 0.0590 e. The van der Waals surface area contributed by atoms with Crippen LogP contribution in [0, 0.1) is 5.92 Å².